The van der Waals surface area contributed by atoms with Gasteiger partial charge in [-0.3, -0.25) is 0 Å². The number of rotatable bonds is 1. The molecule has 0 amide bonds. The highest BCUT2D eigenvalue weighted by Crippen LogP contribution is 2.38. The minimum absolute atomic E-state index is 0.494. The molecule has 0 aromatic carbocycles. The van der Waals surface area contributed by atoms with Gasteiger partial charge in [-0.2, -0.15) is 11.8 Å². The Balaban J connectivity index is 2.28. The van der Waals surface area contributed by atoms with Crippen LogP contribution in [-0.2, 0) is 0 Å². The van der Waals surface area contributed by atoms with E-state index in [9.17, 15) is 0 Å². The van der Waals surface area contributed by atoms with Crippen LogP contribution in [0.5, 0.6) is 0 Å². The topological polar surface area (TPSA) is 25.8 Å². The summed E-state index contributed by atoms with van der Waals surface area (Å²) in [5.74, 6) is 2.18. The van der Waals surface area contributed by atoms with Gasteiger partial charge in [0.25, 0.3) is 0 Å². The molecule has 13 heavy (non-hydrogen) atoms. The van der Waals surface area contributed by atoms with Gasteiger partial charge in [-0.15, -0.1) is 0 Å². The van der Waals surface area contributed by atoms with E-state index in [1.54, 1.807) is 0 Å². The van der Waals surface area contributed by atoms with Crippen molar-refractivity contribution in [2.45, 2.75) is 18.1 Å². The average Bonchev–Trinajstić information content (AvgIpc) is 2.53. The van der Waals surface area contributed by atoms with E-state index < -0.39 is 0 Å². The van der Waals surface area contributed by atoms with Crippen molar-refractivity contribution >= 4 is 43.6 Å². The van der Waals surface area contributed by atoms with Gasteiger partial charge in [0, 0.05) is 6.07 Å². The molecular formula is C8H8Br2N2S. The van der Waals surface area contributed by atoms with Crippen LogP contribution in [-0.4, -0.2) is 15.7 Å². The Hall–Kier alpha value is 0.390. The molecular weight excluding hydrogens is 316 g/mol. The zero-order valence-electron chi connectivity index (χ0n) is 6.83. The summed E-state index contributed by atoms with van der Waals surface area (Å²) in [5.41, 5.74) is 0. The van der Waals surface area contributed by atoms with E-state index in [4.69, 9.17) is 0 Å². The molecule has 1 fully saturated rings. The lowest BCUT2D eigenvalue weighted by Crippen LogP contribution is -1.98. The van der Waals surface area contributed by atoms with E-state index in [-0.39, 0.29) is 0 Å². The van der Waals surface area contributed by atoms with Crippen molar-refractivity contribution in [3.8, 4) is 0 Å². The first-order chi connectivity index (χ1) is 6.25. The van der Waals surface area contributed by atoms with E-state index >= 15 is 0 Å². The molecule has 0 radical (unpaired) electrons. The van der Waals surface area contributed by atoms with Crippen molar-refractivity contribution < 1.29 is 0 Å². The molecule has 0 saturated carbocycles. The highest BCUT2D eigenvalue weighted by molar-refractivity contribution is 9.11. The van der Waals surface area contributed by atoms with Crippen molar-refractivity contribution in [1.82, 2.24) is 9.97 Å². The first-order valence-electron chi connectivity index (χ1n) is 4.07. The van der Waals surface area contributed by atoms with Crippen molar-refractivity contribution in [3.63, 3.8) is 0 Å². The molecule has 5 heteroatoms. The number of hydrogen-bond acceptors (Lipinski definition) is 3. The van der Waals surface area contributed by atoms with E-state index in [0.29, 0.717) is 5.25 Å². The third kappa shape index (κ3) is 2.44. The Bertz CT molecular complexity index is 293. The Morgan fingerprint density at radius 3 is 2.54 bits per heavy atom. The predicted octanol–water partition coefficient (Wildman–Crippen LogP) is 3.57. The molecule has 1 aromatic heterocycles. The summed E-state index contributed by atoms with van der Waals surface area (Å²) in [6.45, 7) is 0. The van der Waals surface area contributed by atoms with Crippen LogP contribution >= 0.6 is 43.6 Å². The summed E-state index contributed by atoms with van der Waals surface area (Å²) in [6.07, 6.45) is 2.48. The molecule has 2 heterocycles. The molecule has 0 bridgehead atoms. The normalized spacial score (nSPS) is 22.2. The van der Waals surface area contributed by atoms with Crippen molar-refractivity contribution in [1.29, 1.82) is 0 Å². The van der Waals surface area contributed by atoms with Gasteiger partial charge in [-0.25, -0.2) is 9.97 Å². The molecule has 1 saturated heterocycles. The molecule has 1 aliphatic heterocycles. The standard InChI is InChI=1S/C8H8Br2N2S/c9-6-4-7(10)12-8(11-6)5-2-1-3-13-5/h4-5H,1-3H2. The molecule has 0 spiro atoms. The van der Waals surface area contributed by atoms with Crippen molar-refractivity contribution in [2.24, 2.45) is 0 Å². The van der Waals surface area contributed by atoms with Gasteiger partial charge < -0.3 is 0 Å². The van der Waals surface area contributed by atoms with E-state index in [0.717, 1.165) is 15.0 Å². The van der Waals surface area contributed by atoms with E-state index in [1.807, 2.05) is 17.8 Å². The fraction of sp³-hybridized carbons (Fsp3) is 0.500. The Labute approximate surface area is 98.2 Å². The molecule has 1 atom stereocenters. The van der Waals surface area contributed by atoms with E-state index in [2.05, 4.69) is 41.8 Å². The van der Waals surface area contributed by atoms with Crippen LogP contribution in [0.4, 0.5) is 0 Å². The second-order valence-electron chi connectivity index (χ2n) is 2.87. The molecule has 70 valence electrons. The minimum Gasteiger partial charge on any atom is -0.225 e. The van der Waals surface area contributed by atoms with Crippen molar-refractivity contribution in [3.05, 3.63) is 21.1 Å². The Morgan fingerprint density at radius 2 is 2.00 bits per heavy atom. The monoisotopic (exact) mass is 322 g/mol. The summed E-state index contributed by atoms with van der Waals surface area (Å²) in [4.78, 5) is 8.74. The van der Waals surface area contributed by atoms with Gasteiger partial charge in [0.2, 0.25) is 0 Å². The summed E-state index contributed by atoms with van der Waals surface area (Å²) < 4.78 is 1.72. The quantitative estimate of drug-likeness (QED) is 0.739. The highest BCUT2D eigenvalue weighted by atomic mass is 79.9. The smallest absolute Gasteiger partial charge is 0.143 e. The highest BCUT2D eigenvalue weighted by Gasteiger charge is 2.20. The van der Waals surface area contributed by atoms with Gasteiger partial charge >= 0.3 is 0 Å². The number of aromatic nitrogens is 2. The van der Waals surface area contributed by atoms with Crippen LogP contribution in [0.3, 0.4) is 0 Å². The lowest BCUT2D eigenvalue weighted by Gasteiger charge is -2.06. The third-order valence-electron chi connectivity index (χ3n) is 1.90. The summed E-state index contributed by atoms with van der Waals surface area (Å²) in [5, 5.41) is 0.494. The van der Waals surface area contributed by atoms with Gasteiger partial charge in [0.1, 0.15) is 15.0 Å². The molecule has 0 N–H and O–H groups in total. The van der Waals surface area contributed by atoms with Gasteiger partial charge in [0.05, 0.1) is 5.25 Å². The fourth-order valence-electron chi connectivity index (χ4n) is 1.33. The molecule has 2 nitrogen and oxygen atoms in total. The number of halogens is 2. The van der Waals surface area contributed by atoms with Crippen LogP contribution < -0.4 is 0 Å². The van der Waals surface area contributed by atoms with Crippen LogP contribution in [0.1, 0.15) is 23.9 Å². The Kier molecular flexibility index (Phi) is 3.26. The largest absolute Gasteiger partial charge is 0.225 e. The maximum Gasteiger partial charge on any atom is 0.143 e. The second kappa shape index (κ2) is 4.28. The maximum absolute atomic E-state index is 4.37. The molecule has 1 aliphatic rings. The van der Waals surface area contributed by atoms with Gasteiger partial charge in [-0.1, -0.05) is 0 Å². The SMILES string of the molecule is Brc1cc(Br)nc(C2CCCS2)n1. The van der Waals surface area contributed by atoms with Crippen LogP contribution in [0, 0.1) is 0 Å². The number of thioether (sulfide) groups is 1. The zero-order chi connectivity index (χ0) is 9.26. The first kappa shape index (κ1) is 9.93. The van der Waals surface area contributed by atoms with Crippen molar-refractivity contribution in [2.75, 3.05) is 5.75 Å². The fourth-order valence-corrected chi connectivity index (χ4v) is 3.64. The second-order valence-corrected chi connectivity index (χ2v) is 5.81. The molecule has 1 aromatic rings. The summed E-state index contributed by atoms with van der Waals surface area (Å²) in [7, 11) is 0. The third-order valence-corrected chi connectivity index (χ3v) is 4.08. The molecule has 0 aliphatic carbocycles. The van der Waals surface area contributed by atoms with Crippen LogP contribution in [0.15, 0.2) is 15.3 Å². The Morgan fingerprint density at radius 1 is 1.31 bits per heavy atom. The minimum atomic E-state index is 0.494. The average molecular weight is 324 g/mol. The summed E-state index contributed by atoms with van der Waals surface area (Å²) in [6, 6.07) is 1.86. The predicted molar refractivity (Wildman–Crippen MR) is 61.9 cm³/mol. The molecule has 1 unspecified atom stereocenters. The maximum atomic E-state index is 4.37. The lowest BCUT2D eigenvalue weighted by atomic mass is 10.2. The van der Waals surface area contributed by atoms with Gasteiger partial charge in [-0.05, 0) is 50.5 Å². The van der Waals surface area contributed by atoms with E-state index in [1.165, 1.54) is 18.6 Å². The van der Waals surface area contributed by atoms with Crippen LogP contribution in [0.2, 0.25) is 0 Å². The van der Waals surface area contributed by atoms with Crippen LogP contribution in [0.25, 0.3) is 0 Å². The zero-order valence-corrected chi connectivity index (χ0v) is 10.8. The molecule has 2 rings (SSSR count). The number of hydrogen-bond donors (Lipinski definition) is 0. The van der Waals surface area contributed by atoms with Gasteiger partial charge in [0.15, 0.2) is 0 Å². The number of nitrogens with zero attached hydrogens (tertiary/aromatic N) is 2. The first-order valence-corrected chi connectivity index (χ1v) is 6.71. The lowest BCUT2D eigenvalue weighted by molar-refractivity contribution is 0.770. The summed E-state index contributed by atoms with van der Waals surface area (Å²) >= 11 is 8.69.